The molecule has 1 unspecified atom stereocenters. The van der Waals surface area contributed by atoms with Crippen LogP contribution in [0.25, 0.3) is 0 Å². The number of H-pyrrole nitrogens is 1. The fourth-order valence-corrected chi connectivity index (χ4v) is 2.76. The van der Waals surface area contributed by atoms with Gasteiger partial charge in [-0.15, -0.1) is 0 Å². The Balaban J connectivity index is 1.61. The molecule has 21 heavy (non-hydrogen) atoms. The first-order valence-electron chi connectivity index (χ1n) is 6.98. The van der Waals surface area contributed by atoms with Gasteiger partial charge in [0.1, 0.15) is 5.76 Å². The van der Waals surface area contributed by atoms with Gasteiger partial charge in [0, 0.05) is 31.5 Å². The normalized spacial score (nSPS) is 18.9. The lowest BCUT2D eigenvalue weighted by atomic mass is 10.1. The van der Waals surface area contributed by atoms with Crippen molar-refractivity contribution in [3.05, 3.63) is 45.9 Å². The van der Waals surface area contributed by atoms with Crippen molar-refractivity contribution in [1.29, 1.82) is 0 Å². The summed E-state index contributed by atoms with van der Waals surface area (Å²) in [5, 5.41) is 3.84. The third kappa shape index (κ3) is 3.46. The SMILES string of the molecule is O=c1[nH]ccnc1N1CCCC(NCc2ccc(Cl)o2)C1. The Bertz CT molecular complexity index is 654. The van der Waals surface area contributed by atoms with Crippen LogP contribution in [0.5, 0.6) is 0 Å². The van der Waals surface area contributed by atoms with Crippen LogP contribution in [-0.4, -0.2) is 29.1 Å². The summed E-state index contributed by atoms with van der Waals surface area (Å²) in [6.07, 6.45) is 5.24. The topological polar surface area (TPSA) is 74.2 Å². The molecule has 0 bridgehead atoms. The van der Waals surface area contributed by atoms with Crippen molar-refractivity contribution in [2.24, 2.45) is 0 Å². The van der Waals surface area contributed by atoms with E-state index in [-0.39, 0.29) is 5.56 Å². The average molecular weight is 309 g/mol. The standard InChI is InChI=1S/C14H17ClN4O2/c15-12-4-3-11(21-12)8-18-10-2-1-7-19(9-10)13-14(20)17-6-5-16-13/h3-6,10,18H,1-2,7-9H2,(H,17,20). The first kappa shape index (κ1) is 14.2. The zero-order valence-electron chi connectivity index (χ0n) is 11.5. The zero-order valence-corrected chi connectivity index (χ0v) is 12.3. The maximum Gasteiger partial charge on any atom is 0.290 e. The molecule has 7 heteroatoms. The van der Waals surface area contributed by atoms with E-state index in [9.17, 15) is 4.79 Å². The molecule has 2 aromatic heterocycles. The number of halogens is 1. The number of anilines is 1. The number of hydrogen-bond donors (Lipinski definition) is 2. The fraction of sp³-hybridized carbons (Fsp3) is 0.429. The van der Waals surface area contributed by atoms with Gasteiger partial charge in [-0.1, -0.05) is 0 Å². The molecule has 6 nitrogen and oxygen atoms in total. The Morgan fingerprint density at radius 2 is 2.43 bits per heavy atom. The van der Waals surface area contributed by atoms with E-state index in [0.29, 0.717) is 23.6 Å². The highest BCUT2D eigenvalue weighted by Gasteiger charge is 2.22. The summed E-state index contributed by atoms with van der Waals surface area (Å²) in [7, 11) is 0. The highest BCUT2D eigenvalue weighted by Crippen LogP contribution is 2.16. The van der Waals surface area contributed by atoms with E-state index >= 15 is 0 Å². The van der Waals surface area contributed by atoms with Gasteiger partial charge in [0.15, 0.2) is 11.0 Å². The molecular weight excluding hydrogens is 292 g/mol. The molecule has 0 spiro atoms. The molecule has 3 rings (SSSR count). The van der Waals surface area contributed by atoms with Gasteiger partial charge < -0.3 is 19.6 Å². The molecule has 1 aliphatic heterocycles. The Hall–Kier alpha value is -1.79. The molecule has 112 valence electrons. The van der Waals surface area contributed by atoms with Crippen LogP contribution in [0.2, 0.25) is 5.22 Å². The molecule has 1 atom stereocenters. The van der Waals surface area contributed by atoms with Gasteiger partial charge in [0.2, 0.25) is 0 Å². The van der Waals surface area contributed by atoms with E-state index < -0.39 is 0 Å². The van der Waals surface area contributed by atoms with Gasteiger partial charge in [-0.05, 0) is 36.6 Å². The zero-order chi connectivity index (χ0) is 14.7. The van der Waals surface area contributed by atoms with Crippen LogP contribution < -0.4 is 15.8 Å². The Labute approximate surface area is 127 Å². The Kier molecular flexibility index (Phi) is 4.26. The van der Waals surface area contributed by atoms with Gasteiger partial charge in [-0.2, -0.15) is 0 Å². The van der Waals surface area contributed by atoms with Crippen LogP contribution in [0.15, 0.2) is 33.7 Å². The highest BCUT2D eigenvalue weighted by atomic mass is 35.5. The minimum Gasteiger partial charge on any atom is -0.448 e. The number of rotatable bonds is 4. The van der Waals surface area contributed by atoms with Crippen molar-refractivity contribution in [3.63, 3.8) is 0 Å². The van der Waals surface area contributed by atoms with E-state index in [1.54, 1.807) is 18.5 Å². The van der Waals surface area contributed by atoms with Crippen molar-refractivity contribution in [2.45, 2.75) is 25.4 Å². The second-order valence-electron chi connectivity index (χ2n) is 5.11. The molecule has 1 saturated heterocycles. The number of piperidine rings is 1. The number of nitrogens with zero attached hydrogens (tertiary/aromatic N) is 2. The molecule has 0 radical (unpaired) electrons. The van der Waals surface area contributed by atoms with Crippen molar-refractivity contribution >= 4 is 17.4 Å². The van der Waals surface area contributed by atoms with Crippen molar-refractivity contribution in [1.82, 2.24) is 15.3 Å². The second-order valence-corrected chi connectivity index (χ2v) is 5.49. The molecule has 0 aliphatic carbocycles. The Morgan fingerprint density at radius 3 is 3.19 bits per heavy atom. The van der Waals surface area contributed by atoms with Crippen LogP contribution in [0, 0.1) is 0 Å². The predicted molar refractivity (Wildman–Crippen MR) is 80.7 cm³/mol. The highest BCUT2D eigenvalue weighted by molar-refractivity contribution is 6.28. The molecule has 0 aromatic carbocycles. The summed E-state index contributed by atoms with van der Waals surface area (Å²) < 4.78 is 5.33. The van der Waals surface area contributed by atoms with Gasteiger partial charge in [-0.3, -0.25) is 4.79 Å². The largest absolute Gasteiger partial charge is 0.448 e. The lowest BCUT2D eigenvalue weighted by Crippen LogP contribution is -2.47. The average Bonchev–Trinajstić information content (AvgIpc) is 2.92. The number of aromatic amines is 1. The summed E-state index contributed by atoms with van der Waals surface area (Å²) in [6, 6.07) is 3.89. The van der Waals surface area contributed by atoms with Gasteiger partial charge in [-0.25, -0.2) is 4.98 Å². The maximum atomic E-state index is 11.8. The van der Waals surface area contributed by atoms with Crippen LogP contribution in [-0.2, 0) is 6.54 Å². The minimum atomic E-state index is -0.143. The fourth-order valence-electron chi connectivity index (χ4n) is 2.60. The van der Waals surface area contributed by atoms with E-state index in [1.165, 1.54) is 0 Å². The minimum absolute atomic E-state index is 0.143. The first-order valence-corrected chi connectivity index (χ1v) is 7.36. The van der Waals surface area contributed by atoms with Crippen molar-refractivity contribution in [3.8, 4) is 0 Å². The first-order chi connectivity index (χ1) is 10.2. The summed E-state index contributed by atoms with van der Waals surface area (Å²) in [4.78, 5) is 20.7. The summed E-state index contributed by atoms with van der Waals surface area (Å²) in [5.41, 5.74) is -0.143. The number of nitrogens with one attached hydrogen (secondary N) is 2. The molecule has 0 saturated carbocycles. The molecule has 2 aromatic rings. The van der Waals surface area contributed by atoms with Crippen molar-refractivity contribution in [2.75, 3.05) is 18.0 Å². The van der Waals surface area contributed by atoms with Crippen LogP contribution in [0.3, 0.4) is 0 Å². The number of hydrogen-bond acceptors (Lipinski definition) is 5. The lowest BCUT2D eigenvalue weighted by Gasteiger charge is -2.33. The molecular formula is C14H17ClN4O2. The van der Waals surface area contributed by atoms with E-state index in [4.69, 9.17) is 16.0 Å². The molecule has 2 N–H and O–H groups in total. The lowest BCUT2D eigenvalue weighted by molar-refractivity contribution is 0.394. The van der Waals surface area contributed by atoms with E-state index in [1.807, 2.05) is 11.0 Å². The number of aromatic nitrogens is 2. The molecule has 1 aliphatic rings. The predicted octanol–water partition coefficient (Wildman–Crippen LogP) is 1.77. The number of furan rings is 1. The van der Waals surface area contributed by atoms with Crippen molar-refractivity contribution < 1.29 is 4.42 Å². The van der Waals surface area contributed by atoms with Crippen LogP contribution in [0.4, 0.5) is 5.82 Å². The van der Waals surface area contributed by atoms with Crippen LogP contribution >= 0.6 is 11.6 Å². The smallest absolute Gasteiger partial charge is 0.290 e. The molecule has 0 amide bonds. The van der Waals surface area contributed by atoms with Gasteiger partial charge in [0.25, 0.3) is 5.56 Å². The third-order valence-electron chi connectivity index (χ3n) is 3.60. The second kappa shape index (κ2) is 6.32. The summed E-state index contributed by atoms with van der Waals surface area (Å²) in [6.45, 7) is 2.24. The maximum absolute atomic E-state index is 11.8. The van der Waals surface area contributed by atoms with Gasteiger partial charge in [0.05, 0.1) is 6.54 Å². The monoisotopic (exact) mass is 308 g/mol. The molecule has 1 fully saturated rings. The van der Waals surface area contributed by atoms with E-state index in [0.717, 1.165) is 31.7 Å². The quantitative estimate of drug-likeness (QED) is 0.900. The third-order valence-corrected chi connectivity index (χ3v) is 3.81. The van der Waals surface area contributed by atoms with Gasteiger partial charge >= 0.3 is 0 Å². The van der Waals surface area contributed by atoms with E-state index in [2.05, 4.69) is 15.3 Å². The molecule has 3 heterocycles. The summed E-state index contributed by atoms with van der Waals surface area (Å²) >= 11 is 5.75. The Morgan fingerprint density at radius 1 is 1.52 bits per heavy atom. The summed E-state index contributed by atoms with van der Waals surface area (Å²) in [5.74, 6) is 1.30. The van der Waals surface area contributed by atoms with Crippen LogP contribution in [0.1, 0.15) is 18.6 Å².